The summed E-state index contributed by atoms with van der Waals surface area (Å²) in [5.41, 5.74) is -0.711. The van der Waals surface area contributed by atoms with Crippen LogP contribution in [0.2, 0.25) is 0 Å². The van der Waals surface area contributed by atoms with Crippen molar-refractivity contribution in [2.75, 3.05) is 26.3 Å². The quantitative estimate of drug-likeness (QED) is 0.692. The normalized spacial score (nSPS) is 35.9. The fourth-order valence-corrected chi connectivity index (χ4v) is 2.91. The number of morpholine rings is 1. The van der Waals surface area contributed by atoms with Crippen LogP contribution >= 0.6 is 0 Å². The molecule has 0 aromatic rings. The van der Waals surface area contributed by atoms with Gasteiger partial charge in [-0.25, -0.2) is 0 Å². The lowest BCUT2D eigenvalue weighted by atomic mass is 9.78. The van der Waals surface area contributed by atoms with E-state index in [1.807, 2.05) is 0 Å². The van der Waals surface area contributed by atoms with Crippen LogP contribution in [0.15, 0.2) is 0 Å². The number of carbonyl (C=O) groups excluding carboxylic acids is 1. The minimum Gasteiger partial charge on any atom is -0.388 e. The lowest BCUT2D eigenvalue weighted by Gasteiger charge is -2.36. The van der Waals surface area contributed by atoms with Gasteiger partial charge in [0.25, 0.3) is 0 Å². The van der Waals surface area contributed by atoms with Crippen molar-refractivity contribution < 1.29 is 14.6 Å². The minimum atomic E-state index is -0.711. The number of hydrogen-bond acceptors (Lipinski definition) is 4. The molecule has 0 aromatic carbocycles. The maximum atomic E-state index is 11.9. The van der Waals surface area contributed by atoms with E-state index in [9.17, 15) is 9.90 Å². The monoisotopic (exact) mass is 270 g/mol. The van der Waals surface area contributed by atoms with Gasteiger partial charge in [0.2, 0.25) is 5.91 Å². The van der Waals surface area contributed by atoms with Gasteiger partial charge in [0.1, 0.15) is 6.04 Å². The number of carbonyl (C=O) groups is 1. The summed E-state index contributed by atoms with van der Waals surface area (Å²) in [7, 11) is 0. The summed E-state index contributed by atoms with van der Waals surface area (Å²) in [5, 5.41) is 16.4. The summed E-state index contributed by atoms with van der Waals surface area (Å²) in [5.74, 6) is 0.676. The van der Waals surface area contributed by atoms with E-state index < -0.39 is 5.60 Å². The Labute approximate surface area is 115 Å². The highest BCUT2D eigenvalue weighted by molar-refractivity contribution is 5.82. The summed E-state index contributed by atoms with van der Waals surface area (Å²) in [6.45, 7) is 4.35. The van der Waals surface area contributed by atoms with Crippen molar-refractivity contribution in [2.24, 2.45) is 5.92 Å². The Morgan fingerprint density at radius 3 is 2.79 bits per heavy atom. The van der Waals surface area contributed by atoms with Crippen molar-refractivity contribution in [3.05, 3.63) is 0 Å². The summed E-state index contributed by atoms with van der Waals surface area (Å²) in [4.78, 5) is 11.9. The van der Waals surface area contributed by atoms with Gasteiger partial charge in [0.05, 0.1) is 18.8 Å². The molecule has 1 aliphatic heterocycles. The highest BCUT2D eigenvalue weighted by atomic mass is 16.5. The standard InChI is InChI=1S/C14H26N2O3/c1-2-11-3-5-14(18,6-4-11)10-16-13(17)12-9-19-8-7-15-12/h11-12,15,18H,2-10H2,1H3,(H,16,17). The Balaban J connectivity index is 1.73. The van der Waals surface area contributed by atoms with Crippen molar-refractivity contribution in [2.45, 2.75) is 50.7 Å². The van der Waals surface area contributed by atoms with E-state index in [2.05, 4.69) is 17.6 Å². The molecule has 3 N–H and O–H groups in total. The Morgan fingerprint density at radius 1 is 1.47 bits per heavy atom. The number of aliphatic hydroxyl groups is 1. The summed E-state index contributed by atoms with van der Waals surface area (Å²) in [6.07, 6.45) is 4.90. The first kappa shape index (κ1) is 14.8. The minimum absolute atomic E-state index is 0.0641. The van der Waals surface area contributed by atoms with Crippen LogP contribution in [-0.4, -0.2) is 49.0 Å². The highest BCUT2D eigenvalue weighted by Gasteiger charge is 2.33. The van der Waals surface area contributed by atoms with Crippen LogP contribution < -0.4 is 10.6 Å². The molecule has 2 fully saturated rings. The van der Waals surface area contributed by atoms with Gasteiger partial charge in [-0.2, -0.15) is 0 Å². The van der Waals surface area contributed by atoms with Crippen molar-refractivity contribution in [1.82, 2.24) is 10.6 Å². The Morgan fingerprint density at radius 2 is 2.21 bits per heavy atom. The average Bonchev–Trinajstić information content (AvgIpc) is 2.47. The zero-order valence-electron chi connectivity index (χ0n) is 11.8. The zero-order valence-corrected chi connectivity index (χ0v) is 11.8. The second kappa shape index (κ2) is 6.68. The number of amides is 1. The zero-order chi connectivity index (χ0) is 13.7. The molecule has 1 amide bonds. The lowest BCUT2D eigenvalue weighted by molar-refractivity contribution is -0.127. The van der Waals surface area contributed by atoms with Crippen LogP contribution in [0.1, 0.15) is 39.0 Å². The van der Waals surface area contributed by atoms with Crippen molar-refractivity contribution in [3.8, 4) is 0 Å². The van der Waals surface area contributed by atoms with Gasteiger partial charge < -0.3 is 20.5 Å². The van der Waals surface area contributed by atoms with Crippen LogP contribution in [-0.2, 0) is 9.53 Å². The third-order valence-corrected chi connectivity index (χ3v) is 4.44. The predicted molar refractivity (Wildman–Crippen MR) is 72.8 cm³/mol. The van der Waals surface area contributed by atoms with E-state index in [1.165, 1.54) is 6.42 Å². The molecule has 110 valence electrons. The Kier molecular flexibility index (Phi) is 5.19. The van der Waals surface area contributed by atoms with E-state index in [1.54, 1.807) is 0 Å². The van der Waals surface area contributed by atoms with Gasteiger partial charge in [-0.1, -0.05) is 13.3 Å². The van der Waals surface area contributed by atoms with Gasteiger partial charge in [-0.15, -0.1) is 0 Å². The molecule has 2 rings (SSSR count). The second-order valence-corrected chi connectivity index (χ2v) is 5.88. The molecule has 2 aliphatic rings. The van der Waals surface area contributed by atoms with E-state index in [0.29, 0.717) is 26.3 Å². The highest BCUT2D eigenvalue weighted by Crippen LogP contribution is 2.33. The van der Waals surface area contributed by atoms with Crippen LogP contribution in [0.3, 0.4) is 0 Å². The molecule has 0 bridgehead atoms. The topological polar surface area (TPSA) is 70.6 Å². The first-order valence-corrected chi connectivity index (χ1v) is 7.44. The number of rotatable bonds is 4. The molecule has 1 aliphatic carbocycles. The maximum Gasteiger partial charge on any atom is 0.239 e. The molecule has 1 atom stereocenters. The SMILES string of the molecule is CCC1CCC(O)(CNC(=O)C2COCCN2)CC1. The van der Waals surface area contributed by atoms with E-state index in [-0.39, 0.29) is 11.9 Å². The van der Waals surface area contributed by atoms with Crippen LogP contribution in [0.4, 0.5) is 0 Å². The van der Waals surface area contributed by atoms with Gasteiger partial charge in [0, 0.05) is 13.1 Å². The van der Waals surface area contributed by atoms with Crippen LogP contribution in [0.25, 0.3) is 0 Å². The Bertz CT molecular complexity index is 295. The van der Waals surface area contributed by atoms with Gasteiger partial charge >= 0.3 is 0 Å². The number of ether oxygens (including phenoxy) is 1. The molecule has 0 aromatic heterocycles. The maximum absolute atomic E-state index is 11.9. The molecule has 1 saturated heterocycles. The van der Waals surface area contributed by atoms with Crippen LogP contribution in [0.5, 0.6) is 0 Å². The molecule has 0 spiro atoms. The van der Waals surface area contributed by atoms with Gasteiger partial charge in [-0.3, -0.25) is 4.79 Å². The van der Waals surface area contributed by atoms with Crippen molar-refractivity contribution >= 4 is 5.91 Å². The molecule has 1 heterocycles. The molecule has 1 saturated carbocycles. The van der Waals surface area contributed by atoms with Gasteiger partial charge in [-0.05, 0) is 31.6 Å². The number of nitrogens with one attached hydrogen (secondary N) is 2. The summed E-state index contributed by atoms with van der Waals surface area (Å²) < 4.78 is 5.26. The fraction of sp³-hybridized carbons (Fsp3) is 0.929. The molecular weight excluding hydrogens is 244 g/mol. The third-order valence-electron chi connectivity index (χ3n) is 4.44. The van der Waals surface area contributed by atoms with Crippen molar-refractivity contribution in [1.29, 1.82) is 0 Å². The summed E-state index contributed by atoms with van der Waals surface area (Å²) >= 11 is 0. The molecule has 1 unspecified atom stereocenters. The molecule has 5 heteroatoms. The predicted octanol–water partition coefficient (Wildman–Crippen LogP) is 0.422. The summed E-state index contributed by atoms with van der Waals surface area (Å²) in [6, 6.07) is -0.274. The molecule has 5 nitrogen and oxygen atoms in total. The van der Waals surface area contributed by atoms with E-state index in [4.69, 9.17) is 4.74 Å². The largest absolute Gasteiger partial charge is 0.388 e. The van der Waals surface area contributed by atoms with E-state index in [0.717, 1.165) is 31.6 Å². The number of hydrogen-bond donors (Lipinski definition) is 3. The third kappa shape index (κ3) is 4.16. The molecule has 0 radical (unpaired) electrons. The lowest BCUT2D eigenvalue weighted by Crippen LogP contribution is -2.54. The average molecular weight is 270 g/mol. The second-order valence-electron chi connectivity index (χ2n) is 5.88. The Hall–Kier alpha value is -0.650. The first-order valence-electron chi connectivity index (χ1n) is 7.44. The van der Waals surface area contributed by atoms with E-state index >= 15 is 0 Å². The smallest absolute Gasteiger partial charge is 0.239 e. The molecule has 19 heavy (non-hydrogen) atoms. The molecular formula is C14H26N2O3. The van der Waals surface area contributed by atoms with Gasteiger partial charge in [0.15, 0.2) is 0 Å². The van der Waals surface area contributed by atoms with Crippen molar-refractivity contribution in [3.63, 3.8) is 0 Å². The first-order chi connectivity index (χ1) is 9.13. The fourth-order valence-electron chi connectivity index (χ4n) is 2.91. The van der Waals surface area contributed by atoms with Crippen LogP contribution in [0, 0.1) is 5.92 Å².